The first kappa shape index (κ1) is 40.0. The molecule has 0 atom stereocenters. The van der Waals surface area contributed by atoms with Crippen molar-refractivity contribution in [3.8, 4) is 0 Å². The van der Waals surface area contributed by atoms with Gasteiger partial charge in [-0.3, -0.25) is 9.13 Å². The Kier molecular flexibility index (Phi) is 101. The molecule has 0 aromatic heterocycles. The minimum absolute atomic E-state index is 0. The molecule has 0 aromatic rings. The van der Waals surface area contributed by atoms with Gasteiger partial charge in [0.05, 0.1) is 0 Å². The number of hydrogen-bond donors (Lipinski definition) is 8. The number of rotatable bonds is 0. The summed E-state index contributed by atoms with van der Waals surface area (Å²) in [6.07, 6.45) is 0. The average Bonchev–Trinajstić information content (AvgIpc) is 1.25. The Labute approximate surface area is 70.9 Å². The standard InChI is InChI=1S/4H3N.2H3O3P/c;;;;2*1-4(2)3/h4*1H3;2*4H,(H2,1,2,3). The van der Waals surface area contributed by atoms with Crippen molar-refractivity contribution in [3.63, 3.8) is 0 Å². The van der Waals surface area contributed by atoms with Crippen molar-refractivity contribution in [2.45, 2.75) is 0 Å². The molecule has 0 aliphatic rings. The maximum Gasteiger partial charge on any atom is 0.314 e. The normalized spacial score (nSPS) is 5.83. The summed E-state index contributed by atoms with van der Waals surface area (Å²) in [6, 6.07) is 0. The van der Waals surface area contributed by atoms with E-state index in [2.05, 4.69) is 0 Å². The molecule has 84 valence electrons. The van der Waals surface area contributed by atoms with Crippen LogP contribution in [0.3, 0.4) is 0 Å². The van der Waals surface area contributed by atoms with Crippen molar-refractivity contribution in [2.75, 3.05) is 0 Å². The molecule has 10 nitrogen and oxygen atoms in total. The van der Waals surface area contributed by atoms with Crippen LogP contribution in [0.5, 0.6) is 0 Å². The summed E-state index contributed by atoms with van der Waals surface area (Å²) < 4.78 is 17.5. The maximum absolute atomic E-state index is 8.74. The smallest absolute Gasteiger partial charge is 0.314 e. The molecule has 0 rings (SSSR count). The molecule has 0 heterocycles. The molecule has 0 spiro atoms. The first-order valence-electron chi connectivity index (χ1n) is 1.30. The molecule has 0 bridgehead atoms. The quantitative estimate of drug-likeness (QED) is 0.245. The average molecular weight is 232 g/mol. The molecule has 0 saturated heterocycles. The summed E-state index contributed by atoms with van der Waals surface area (Å²) in [5.41, 5.74) is 0. The SMILES string of the molecule is N.N.N.N.O=[PH](O)O.O=[PH](O)O. The van der Waals surface area contributed by atoms with Gasteiger partial charge >= 0.3 is 16.5 Å². The molecule has 16 N–H and O–H groups in total. The predicted octanol–water partition coefficient (Wildman–Crippen LogP) is -0.631. The Morgan fingerprint density at radius 2 is 0.583 bits per heavy atom. The lowest BCUT2D eigenvalue weighted by molar-refractivity contribution is 0.403. The second kappa shape index (κ2) is 30.4. The Hall–Kier alpha value is 0.140. The fourth-order valence-electron chi connectivity index (χ4n) is 0. The lowest BCUT2D eigenvalue weighted by atomic mass is 14.0. The summed E-state index contributed by atoms with van der Waals surface area (Å²) >= 11 is 0. The molecule has 12 heteroatoms. The first-order valence-corrected chi connectivity index (χ1v) is 3.91. The van der Waals surface area contributed by atoms with E-state index in [1.54, 1.807) is 0 Å². The van der Waals surface area contributed by atoms with E-state index in [1.807, 2.05) is 0 Å². The van der Waals surface area contributed by atoms with E-state index >= 15 is 0 Å². The molecule has 0 radical (unpaired) electrons. The predicted molar refractivity (Wildman–Crippen MR) is 47.0 cm³/mol. The van der Waals surface area contributed by atoms with Gasteiger partial charge in [-0.05, 0) is 0 Å². The second-order valence-corrected chi connectivity index (χ2v) is 1.70. The van der Waals surface area contributed by atoms with Gasteiger partial charge in [0, 0.05) is 0 Å². The molecule has 0 aliphatic heterocycles. The van der Waals surface area contributed by atoms with Crippen molar-refractivity contribution in [1.29, 1.82) is 0 Å². The van der Waals surface area contributed by atoms with Gasteiger partial charge in [0.1, 0.15) is 0 Å². The molecule has 0 amide bonds. The fourth-order valence-corrected chi connectivity index (χ4v) is 0. The zero-order valence-electron chi connectivity index (χ0n) is 6.43. The Morgan fingerprint density at radius 1 is 0.583 bits per heavy atom. The van der Waals surface area contributed by atoms with Gasteiger partial charge in [0.25, 0.3) is 0 Å². The largest absolute Gasteiger partial charge is 0.344 e. The first-order chi connectivity index (χ1) is 3.46. The van der Waals surface area contributed by atoms with Gasteiger partial charge in [-0.1, -0.05) is 0 Å². The van der Waals surface area contributed by atoms with Gasteiger partial charge in [-0.25, -0.2) is 0 Å². The zero-order chi connectivity index (χ0) is 7.15. The van der Waals surface area contributed by atoms with Crippen LogP contribution in [-0.4, -0.2) is 19.6 Å². The van der Waals surface area contributed by atoms with Gasteiger partial charge in [-0.15, -0.1) is 0 Å². The van der Waals surface area contributed by atoms with Gasteiger partial charge in [-0.2, -0.15) is 0 Å². The summed E-state index contributed by atoms with van der Waals surface area (Å²) in [7, 11) is -6.26. The summed E-state index contributed by atoms with van der Waals surface area (Å²) in [5.74, 6) is 0. The summed E-state index contributed by atoms with van der Waals surface area (Å²) in [6.45, 7) is 0. The Morgan fingerprint density at radius 3 is 0.583 bits per heavy atom. The minimum atomic E-state index is -3.13. The third-order valence-corrected chi connectivity index (χ3v) is 0. The van der Waals surface area contributed by atoms with Crippen molar-refractivity contribution >= 4 is 16.5 Å². The zero-order valence-corrected chi connectivity index (χ0v) is 8.43. The van der Waals surface area contributed by atoms with Crippen LogP contribution in [0, 0.1) is 0 Å². The molecule has 0 fully saturated rings. The highest BCUT2D eigenvalue weighted by Crippen LogP contribution is 1.98. The van der Waals surface area contributed by atoms with Crippen LogP contribution in [-0.2, 0) is 9.13 Å². The molecular weight excluding hydrogens is 214 g/mol. The van der Waals surface area contributed by atoms with Crippen molar-refractivity contribution in [2.24, 2.45) is 0 Å². The van der Waals surface area contributed by atoms with Gasteiger partial charge in [0.15, 0.2) is 0 Å². The van der Waals surface area contributed by atoms with Gasteiger partial charge < -0.3 is 44.2 Å². The Bertz CT molecular complexity index is 75.5. The van der Waals surface area contributed by atoms with Crippen LogP contribution < -0.4 is 24.6 Å². The van der Waals surface area contributed by atoms with E-state index < -0.39 is 16.5 Å². The van der Waals surface area contributed by atoms with Crippen LogP contribution in [0.2, 0.25) is 0 Å². The second-order valence-electron chi connectivity index (χ2n) is 0.565. The molecule has 0 aromatic carbocycles. The van der Waals surface area contributed by atoms with E-state index in [-0.39, 0.29) is 24.6 Å². The van der Waals surface area contributed by atoms with Crippen LogP contribution in [0.1, 0.15) is 0 Å². The molecule has 0 saturated carbocycles. The highest BCUT2D eigenvalue weighted by Gasteiger charge is 1.62. The van der Waals surface area contributed by atoms with E-state index in [1.165, 1.54) is 0 Å². The van der Waals surface area contributed by atoms with E-state index in [4.69, 9.17) is 28.7 Å². The molecule has 0 aliphatic carbocycles. The monoisotopic (exact) mass is 232 g/mol. The van der Waals surface area contributed by atoms with Gasteiger partial charge in [0.2, 0.25) is 0 Å². The fraction of sp³-hybridized carbons (Fsp3) is 0. The third-order valence-electron chi connectivity index (χ3n) is 0. The summed E-state index contributed by atoms with van der Waals surface area (Å²) in [5, 5.41) is 0. The van der Waals surface area contributed by atoms with E-state index in [0.29, 0.717) is 0 Å². The lowest BCUT2D eigenvalue weighted by Gasteiger charge is -1.61. The highest BCUT2D eigenvalue weighted by molar-refractivity contribution is 7.31. The lowest BCUT2D eigenvalue weighted by Crippen LogP contribution is -1.38. The molecular formula is H18N4O6P2. The number of hydrogen-bond acceptors (Lipinski definition) is 6. The Balaban J connectivity index is -0.0000000112. The topological polar surface area (TPSA) is 255 Å². The van der Waals surface area contributed by atoms with Crippen molar-refractivity contribution < 1.29 is 28.7 Å². The minimum Gasteiger partial charge on any atom is -0.344 e. The van der Waals surface area contributed by atoms with E-state index in [9.17, 15) is 0 Å². The van der Waals surface area contributed by atoms with Crippen LogP contribution >= 0.6 is 16.5 Å². The van der Waals surface area contributed by atoms with E-state index in [0.717, 1.165) is 0 Å². The van der Waals surface area contributed by atoms with Crippen LogP contribution in [0.25, 0.3) is 0 Å². The maximum atomic E-state index is 8.74. The van der Waals surface area contributed by atoms with Crippen molar-refractivity contribution in [1.82, 2.24) is 24.6 Å². The van der Waals surface area contributed by atoms with Crippen molar-refractivity contribution in [3.05, 3.63) is 0 Å². The molecule has 12 heavy (non-hydrogen) atoms. The molecule has 0 unspecified atom stereocenters. The summed E-state index contributed by atoms with van der Waals surface area (Å²) in [4.78, 5) is 28.6. The van der Waals surface area contributed by atoms with Crippen LogP contribution in [0.15, 0.2) is 0 Å². The highest BCUT2D eigenvalue weighted by atomic mass is 31.1. The third kappa shape index (κ3) is 43200. The van der Waals surface area contributed by atoms with Crippen LogP contribution in [0.4, 0.5) is 0 Å².